The molecule has 6 heteroatoms. The fourth-order valence-electron chi connectivity index (χ4n) is 1.95. The van der Waals surface area contributed by atoms with Gasteiger partial charge in [0.05, 0.1) is 12.5 Å². The van der Waals surface area contributed by atoms with Gasteiger partial charge in [-0.1, -0.05) is 30.3 Å². The third kappa shape index (κ3) is 4.68. The predicted molar refractivity (Wildman–Crippen MR) is 83.1 cm³/mol. The Labute approximate surface area is 127 Å². The zero-order chi connectivity index (χ0) is 15.2. The molecule has 0 fully saturated rings. The van der Waals surface area contributed by atoms with Gasteiger partial charge < -0.3 is 10.6 Å². The number of thiazole rings is 1. The first-order valence-electron chi connectivity index (χ1n) is 6.59. The van der Waals surface area contributed by atoms with E-state index in [0.29, 0.717) is 5.13 Å². The minimum atomic E-state index is -0.343. The number of carbonyl (C=O) groups is 2. The molecule has 2 aromatic rings. The molecule has 1 aromatic carbocycles. The Kier molecular flexibility index (Phi) is 5.05. The Bertz CT molecular complexity index is 625. The summed E-state index contributed by atoms with van der Waals surface area (Å²) in [6.45, 7) is 3.37. The zero-order valence-corrected chi connectivity index (χ0v) is 12.7. The third-order valence-electron chi connectivity index (χ3n) is 2.84. The lowest BCUT2D eigenvalue weighted by Crippen LogP contribution is -2.29. The van der Waals surface area contributed by atoms with Crippen LogP contribution in [0, 0.1) is 6.92 Å². The summed E-state index contributed by atoms with van der Waals surface area (Å²) in [6, 6.07) is 9.10. The van der Waals surface area contributed by atoms with Gasteiger partial charge in [0.15, 0.2) is 5.13 Å². The second-order valence-electron chi connectivity index (χ2n) is 4.69. The van der Waals surface area contributed by atoms with Crippen LogP contribution in [0.1, 0.15) is 29.8 Å². The van der Waals surface area contributed by atoms with Crippen molar-refractivity contribution in [2.75, 3.05) is 5.32 Å². The van der Waals surface area contributed by atoms with Gasteiger partial charge >= 0.3 is 0 Å². The molecule has 0 spiro atoms. The largest absolute Gasteiger partial charge is 0.349 e. The minimum Gasteiger partial charge on any atom is -0.349 e. The summed E-state index contributed by atoms with van der Waals surface area (Å²) in [7, 11) is 0. The van der Waals surface area contributed by atoms with E-state index in [1.54, 1.807) is 6.20 Å². The highest BCUT2D eigenvalue weighted by atomic mass is 32.1. The lowest BCUT2D eigenvalue weighted by atomic mass is 10.0. The van der Waals surface area contributed by atoms with Crippen molar-refractivity contribution in [3.8, 4) is 0 Å². The Hall–Kier alpha value is -2.21. The maximum Gasteiger partial charge on any atom is 0.228 e. The molecule has 0 saturated heterocycles. The topological polar surface area (TPSA) is 71.1 Å². The van der Waals surface area contributed by atoms with Gasteiger partial charge in [0.25, 0.3) is 0 Å². The lowest BCUT2D eigenvalue weighted by molar-refractivity contribution is -0.120. The Morgan fingerprint density at radius 2 is 2.00 bits per heavy atom. The molecule has 2 rings (SSSR count). The third-order valence-corrected chi connectivity index (χ3v) is 3.66. The monoisotopic (exact) mass is 303 g/mol. The van der Waals surface area contributed by atoms with Crippen molar-refractivity contribution >= 4 is 28.3 Å². The molecule has 1 heterocycles. The molecule has 0 radical (unpaired) electrons. The van der Waals surface area contributed by atoms with E-state index >= 15 is 0 Å². The van der Waals surface area contributed by atoms with E-state index in [0.717, 1.165) is 10.4 Å². The zero-order valence-electron chi connectivity index (χ0n) is 11.9. The standard InChI is InChI=1S/C15H17N3O2S/c1-10-9-16-15(21-10)18-14(20)8-13(17-11(2)19)12-6-4-3-5-7-12/h3-7,9,13H,8H2,1-2H3,(H,17,19)(H,16,18,20)/t13-/m1/s1. The van der Waals surface area contributed by atoms with E-state index in [2.05, 4.69) is 15.6 Å². The molecule has 0 unspecified atom stereocenters. The molecular weight excluding hydrogens is 286 g/mol. The summed E-state index contributed by atoms with van der Waals surface area (Å²) < 4.78 is 0. The summed E-state index contributed by atoms with van der Waals surface area (Å²) >= 11 is 1.42. The number of hydrogen-bond acceptors (Lipinski definition) is 4. The molecule has 1 aromatic heterocycles. The highest BCUT2D eigenvalue weighted by Crippen LogP contribution is 2.20. The molecule has 2 amide bonds. The van der Waals surface area contributed by atoms with Crippen LogP contribution in [0.25, 0.3) is 0 Å². The van der Waals surface area contributed by atoms with Crippen LogP contribution in [0.5, 0.6) is 0 Å². The summed E-state index contributed by atoms with van der Waals surface area (Å²) in [6.07, 6.45) is 1.88. The van der Waals surface area contributed by atoms with Crippen LogP contribution < -0.4 is 10.6 Å². The first kappa shape index (κ1) is 15.2. The van der Waals surface area contributed by atoms with Crippen molar-refractivity contribution in [1.29, 1.82) is 0 Å². The van der Waals surface area contributed by atoms with Crippen LogP contribution in [0.15, 0.2) is 36.5 Å². The van der Waals surface area contributed by atoms with Crippen LogP contribution in [0.2, 0.25) is 0 Å². The predicted octanol–water partition coefficient (Wildman–Crippen LogP) is 2.66. The number of amides is 2. The van der Waals surface area contributed by atoms with Gasteiger partial charge in [-0.05, 0) is 12.5 Å². The van der Waals surface area contributed by atoms with Gasteiger partial charge in [-0.25, -0.2) is 4.98 Å². The number of carbonyl (C=O) groups excluding carboxylic acids is 2. The van der Waals surface area contributed by atoms with Gasteiger partial charge in [-0.2, -0.15) is 0 Å². The molecule has 110 valence electrons. The van der Waals surface area contributed by atoms with Crippen molar-refractivity contribution < 1.29 is 9.59 Å². The quantitative estimate of drug-likeness (QED) is 0.892. The molecule has 21 heavy (non-hydrogen) atoms. The second-order valence-corrected chi connectivity index (χ2v) is 5.93. The summed E-state index contributed by atoms with van der Waals surface area (Å²) in [5.74, 6) is -0.339. The van der Waals surface area contributed by atoms with E-state index < -0.39 is 0 Å². The van der Waals surface area contributed by atoms with Crippen molar-refractivity contribution in [2.45, 2.75) is 26.3 Å². The Balaban J connectivity index is 2.04. The van der Waals surface area contributed by atoms with Gasteiger partial charge in [0.1, 0.15) is 0 Å². The molecule has 0 bridgehead atoms. The first-order valence-corrected chi connectivity index (χ1v) is 7.40. The summed E-state index contributed by atoms with van der Waals surface area (Å²) in [5, 5.41) is 6.13. The van der Waals surface area contributed by atoms with Crippen molar-refractivity contribution in [2.24, 2.45) is 0 Å². The number of aromatic nitrogens is 1. The van der Waals surface area contributed by atoms with E-state index in [1.165, 1.54) is 18.3 Å². The average Bonchev–Trinajstić information content (AvgIpc) is 2.83. The fourth-order valence-corrected chi connectivity index (χ4v) is 2.63. The number of anilines is 1. The molecule has 5 nitrogen and oxygen atoms in total. The number of nitrogens with one attached hydrogen (secondary N) is 2. The average molecular weight is 303 g/mol. The smallest absolute Gasteiger partial charge is 0.228 e. The molecule has 2 N–H and O–H groups in total. The number of hydrogen-bond donors (Lipinski definition) is 2. The van der Waals surface area contributed by atoms with Crippen molar-refractivity contribution in [3.05, 3.63) is 47.0 Å². The summed E-state index contributed by atoms with van der Waals surface area (Å²) in [5.41, 5.74) is 0.901. The maximum atomic E-state index is 12.1. The number of benzene rings is 1. The number of nitrogens with zero attached hydrogens (tertiary/aromatic N) is 1. The van der Waals surface area contributed by atoms with Gasteiger partial charge in [0.2, 0.25) is 11.8 Å². The summed E-state index contributed by atoms with van der Waals surface area (Å²) in [4.78, 5) is 28.5. The lowest BCUT2D eigenvalue weighted by Gasteiger charge is -2.17. The van der Waals surface area contributed by atoms with Crippen LogP contribution in [0.4, 0.5) is 5.13 Å². The van der Waals surface area contributed by atoms with Gasteiger partial charge in [0, 0.05) is 18.0 Å². The highest BCUT2D eigenvalue weighted by Gasteiger charge is 2.17. The van der Waals surface area contributed by atoms with Crippen molar-refractivity contribution in [1.82, 2.24) is 10.3 Å². The SMILES string of the molecule is CC(=O)N[C@H](CC(=O)Nc1ncc(C)s1)c1ccccc1. The number of rotatable bonds is 5. The highest BCUT2D eigenvalue weighted by molar-refractivity contribution is 7.15. The Morgan fingerprint density at radius 1 is 1.29 bits per heavy atom. The van der Waals surface area contributed by atoms with E-state index in [-0.39, 0.29) is 24.3 Å². The molecule has 0 aliphatic rings. The van der Waals surface area contributed by atoms with Gasteiger partial charge in [-0.15, -0.1) is 11.3 Å². The Morgan fingerprint density at radius 3 is 2.57 bits per heavy atom. The number of aryl methyl sites for hydroxylation is 1. The molecule has 0 aliphatic heterocycles. The van der Waals surface area contributed by atoms with Crippen LogP contribution in [-0.2, 0) is 9.59 Å². The second kappa shape index (κ2) is 6.99. The van der Waals surface area contributed by atoms with Gasteiger partial charge in [-0.3, -0.25) is 9.59 Å². The van der Waals surface area contributed by atoms with Crippen LogP contribution >= 0.6 is 11.3 Å². The maximum absolute atomic E-state index is 12.1. The van der Waals surface area contributed by atoms with E-state index in [4.69, 9.17) is 0 Å². The molecular formula is C15H17N3O2S. The van der Waals surface area contributed by atoms with Crippen LogP contribution in [0.3, 0.4) is 0 Å². The normalized spacial score (nSPS) is 11.7. The van der Waals surface area contributed by atoms with Crippen LogP contribution in [-0.4, -0.2) is 16.8 Å². The van der Waals surface area contributed by atoms with E-state index in [9.17, 15) is 9.59 Å². The molecule has 0 saturated carbocycles. The molecule has 0 aliphatic carbocycles. The van der Waals surface area contributed by atoms with Crippen molar-refractivity contribution in [3.63, 3.8) is 0 Å². The first-order chi connectivity index (χ1) is 10.0. The minimum absolute atomic E-state index is 0.165. The molecule has 1 atom stereocenters. The van der Waals surface area contributed by atoms with E-state index in [1.807, 2.05) is 37.3 Å². The fraction of sp³-hybridized carbons (Fsp3) is 0.267.